The van der Waals surface area contributed by atoms with Crippen LogP contribution in [0.25, 0.3) is 11.4 Å². The Morgan fingerprint density at radius 2 is 1.90 bits per heavy atom. The number of likely N-dealkylation sites (tertiary alicyclic amines) is 1. The van der Waals surface area contributed by atoms with Gasteiger partial charge in [-0.2, -0.15) is 5.10 Å². The molecule has 5 rings (SSSR count). The highest BCUT2D eigenvalue weighted by atomic mass is 16.5. The van der Waals surface area contributed by atoms with Gasteiger partial charge in [0.1, 0.15) is 18.1 Å². The van der Waals surface area contributed by atoms with Gasteiger partial charge in [0, 0.05) is 37.2 Å². The first-order chi connectivity index (χ1) is 15.1. The molecule has 0 saturated carbocycles. The van der Waals surface area contributed by atoms with E-state index in [2.05, 4.69) is 27.4 Å². The van der Waals surface area contributed by atoms with E-state index in [0.29, 0.717) is 12.2 Å². The number of nitrogens with one attached hydrogen (secondary N) is 1. The zero-order chi connectivity index (χ0) is 21.3. The number of rotatable bonds is 4. The molecule has 1 aromatic heterocycles. The van der Waals surface area contributed by atoms with Crippen molar-refractivity contribution in [2.24, 2.45) is 0 Å². The van der Waals surface area contributed by atoms with Crippen molar-refractivity contribution < 1.29 is 9.53 Å². The SMILES string of the molecule is COc1cccc(CN2CCC3(CC2)Cc2nc(-c4ccccc4)nn2CC(=O)N3)c1. The van der Waals surface area contributed by atoms with Gasteiger partial charge in [-0.1, -0.05) is 42.5 Å². The van der Waals surface area contributed by atoms with Gasteiger partial charge in [0.15, 0.2) is 5.82 Å². The van der Waals surface area contributed by atoms with Crippen LogP contribution in [0.2, 0.25) is 0 Å². The van der Waals surface area contributed by atoms with Gasteiger partial charge in [0.2, 0.25) is 5.91 Å². The average Bonchev–Trinajstić information content (AvgIpc) is 3.12. The van der Waals surface area contributed by atoms with Crippen LogP contribution < -0.4 is 10.1 Å². The zero-order valence-corrected chi connectivity index (χ0v) is 17.8. The molecule has 1 amide bonds. The number of piperidine rings is 1. The fourth-order valence-corrected chi connectivity index (χ4v) is 4.63. The summed E-state index contributed by atoms with van der Waals surface area (Å²) in [5.41, 5.74) is 1.97. The highest BCUT2D eigenvalue weighted by molar-refractivity contribution is 5.77. The third-order valence-corrected chi connectivity index (χ3v) is 6.33. The van der Waals surface area contributed by atoms with Gasteiger partial charge in [-0.25, -0.2) is 9.67 Å². The normalized spacial score (nSPS) is 18.3. The van der Waals surface area contributed by atoms with Gasteiger partial charge in [0.05, 0.1) is 7.11 Å². The van der Waals surface area contributed by atoms with Gasteiger partial charge < -0.3 is 10.1 Å². The Balaban J connectivity index is 1.31. The first-order valence-electron chi connectivity index (χ1n) is 10.8. The number of hydrogen-bond acceptors (Lipinski definition) is 5. The Hall–Kier alpha value is -3.19. The first-order valence-corrected chi connectivity index (χ1v) is 10.8. The minimum atomic E-state index is -0.253. The fourth-order valence-electron chi connectivity index (χ4n) is 4.63. The van der Waals surface area contributed by atoms with Crippen molar-refractivity contribution >= 4 is 5.91 Å². The quantitative estimate of drug-likeness (QED) is 0.707. The number of ether oxygens (including phenoxy) is 1. The Bertz CT molecular complexity index is 1070. The Morgan fingerprint density at radius 3 is 2.68 bits per heavy atom. The molecule has 1 saturated heterocycles. The highest BCUT2D eigenvalue weighted by Gasteiger charge is 2.39. The Labute approximate surface area is 182 Å². The number of nitrogens with zero attached hydrogens (tertiary/aromatic N) is 4. The van der Waals surface area contributed by atoms with Gasteiger partial charge in [0.25, 0.3) is 0 Å². The minimum Gasteiger partial charge on any atom is -0.497 e. The number of methoxy groups -OCH3 is 1. The fraction of sp³-hybridized carbons (Fsp3) is 0.375. The van der Waals surface area contributed by atoms with Crippen LogP contribution in [0.4, 0.5) is 0 Å². The molecule has 0 atom stereocenters. The van der Waals surface area contributed by atoms with Crippen molar-refractivity contribution in [3.05, 3.63) is 66.0 Å². The van der Waals surface area contributed by atoms with Gasteiger partial charge >= 0.3 is 0 Å². The molecular formula is C24H27N5O2. The van der Waals surface area contributed by atoms with Gasteiger partial charge in [-0.15, -0.1) is 0 Å². The number of aromatic nitrogens is 3. The summed E-state index contributed by atoms with van der Waals surface area (Å²) < 4.78 is 7.12. The Morgan fingerprint density at radius 1 is 1.10 bits per heavy atom. The van der Waals surface area contributed by atoms with E-state index in [4.69, 9.17) is 9.72 Å². The maximum Gasteiger partial charge on any atom is 0.242 e. The van der Waals surface area contributed by atoms with E-state index in [9.17, 15) is 4.79 Å². The van der Waals surface area contributed by atoms with Crippen LogP contribution >= 0.6 is 0 Å². The lowest BCUT2D eigenvalue weighted by Crippen LogP contribution is -2.56. The van der Waals surface area contributed by atoms with Crippen molar-refractivity contribution in [3.63, 3.8) is 0 Å². The summed E-state index contributed by atoms with van der Waals surface area (Å²) in [6, 6.07) is 18.2. The van der Waals surface area contributed by atoms with Crippen molar-refractivity contribution in [1.82, 2.24) is 25.0 Å². The van der Waals surface area contributed by atoms with Crippen molar-refractivity contribution in [2.45, 2.75) is 37.9 Å². The number of hydrogen-bond donors (Lipinski definition) is 1. The summed E-state index contributed by atoms with van der Waals surface area (Å²) in [6.45, 7) is 2.97. The molecule has 1 spiro atoms. The number of amides is 1. The van der Waals surface area contributed by atoms with E-state index in [1.165, 1.54) is 5.56 Å². The zero-order valence-electron chi connectivity index (χ0n) is 17.8. The number of carbonyl (C=O) groups excluding carboxylic acids is 1. The summed E-state index contributed by atoms with van der Waals surface area (Å²) in [6.07, 6.45) is 2.51. The molecular weight excluding hydrogens is 390 g/mol. The number of benzene rings is 2. The van der Waals surface area contributed by atoms with Crippen LogP contribution in [-0.4, -0.2) is 51.3 Å². The van der Waals surface area contributed by atoms with Crippen molar-refractivity contribution in [2.75, 3.05) is 20.2 Å². The largest absolute Gasteiger partial charge is 0.497 e. The highest BCUT2D eigenvalue weighted by Crippen LogP contribution is 2.30. The Kier molecular flexibility index (Phi) is 5.19. The molecule has 0 aliphatic carbocycles. The van der Waals surface area contributed by atoms with Crippen LogP contribution in [0.5, 0.6) is 5.75 Å². The first kappa shape index (κ1) is 19.8. The van der Waals surface area contributed by atoms with E-state index >= 15 is 0 Å². The molecule has 2 aliphatic rings. The molecule has 7 nitrogen and oxygen atoms in total. The summed E-state index contributed by atoms with van der Waals surface area (Å²) in [4.78, 5) is 19.9. The predicted molar refractivity (Wildman–Crippen MR) is 118 cm³/mol. The maximum atomic E-state index is 12.7. The molecule has 2 aliphatic heterocycles. The van der Waals surface area contributed by atoms with Crippen LogP contribution in [0.1, 0.15) is 24.2 Å². The number of carbonyl (C=O) groups is 1. The van der Waals surface area contributed by atoms with Gasteiger partial charge in [-0.05, 0) is 30.5 Å². The van der Waals surface area contributed by atoms with Crippen LogP contribution in [0.3, 0.4) is 0 Å². The summed E-state index contributed by atoms with van der Waals surface area (Å²) in [7, 11) is 1.69. The molecule has 2 aromatic carbocycles. The van der Waals surface area contributed by atoms with E-state index in [1.807, 2.05) is 42.5 Å². The molecule has 0 radical (unpaired) electrons. The lowest BCUT2D eigenvalue weighted by atomic mass is 9.84. The van der Waals surface area contributed by atoms with E-state index in [-0.39, 0.29) is 18.0 Å². The molecule has 0 unspecified atom stereocenters. The van der Waals surface area contributed by atoms with Crippen molar-refractivity contribution in [3.8, 4) is 17.1 Å². The predicted octanol–water partition coefficient (Wildman–Crippen LogP) is 2.66. The number of fused-ring (bicyclic) bond motifs is 1. The maximum absolute atomic E-state index is 12.7. The molecule has 1 fully saturated rings. The second kappa shape index (κ2) is 8.15. The third-order valence-electron chi connectivity index (χ3n) is 6.33. The molecule has 1 N–H and O–H groups in total. The molecule has 0 bridgehead atoms. The lowest BCUT2D eigenvalue weighted by Gasteiger charge is -2.41. The topological polar surface area (TPSA) is 72.3 Å². The van der Waals surface area contributed by atoms with Crippen LogP contribution in [0, 0.1) is 0 Å². The second-order valence-corrected chi connectivity index (χ2v) is 8.51. The van der Waals surface area contributed by atoms with E-state index in [0.717, 1.165) is 49.6 Å². The standard InChI is InChI=1S/C24H27N5O2/c1-31-20-9-5-6-18(14-20)16-28-12-10-24(11-13-28)15-21-25-23(19-7-3-2-4-8-19)27-29(21)17-22(30)26-24/h2-9,14H,10-13,15-17H2,1H3,(H,26,30). The molecule has 160 valence electrons. The smallest absolute Gasteiger partial charge is 0.242 e. The summed E-state index contributed by atoms with van der Waals surface area (Å²) >= 11 is 0. The second-order valence-electron chi connectivity index (χ2n) is 8.51. The monoisotopic (exact) mass is 417 g/mol. The summed E-state index contributed by atoms with van der Waals surface area (Å²) in [5.74, 6) is 2.48. The van der Waals surface area contributed by atoms with E-state index in [1.54, 1.807) is 11.8 Å². The molecule has 3 heterocycles. The summed E-state index contributed by atoms with van der Waals surface area (Å²) in [5, 5.41) is 7.92. The van der Waals surface area contributed by atoms with Gasteiger partial charge in [-0.3, -0.25) is 9.69 Å². The van der Waals surface area contributed by atoms with Crippen molar-refractivity contribution in [1.29, 1.82) is 0 Å². The van der Waals surface area contributed by atoms with Crippen LogP contribution in [-0.2, 0) is 24.3 Å². The third kappa shape index (κ3) is 4.18. The minimum absolute atomic E-state index is 0.0181. The molecule has 3 aromatic rings. The van der Waals surface area contributed by atoms with Crippen LogP contribution in [0.15, 0.2) is 54.6 Å². The molecule has 7 heteroatoms. The van der Waals surface area contributed by atoms with E-state index < -0.39 is 0 Å². The lowest BCUT2D eigenvalue weighted by molar-refractivity contribution is -0.123. The average molecular weight is 418 g/mol. The molecule has 31 heavy (non-hydrogen) atoms.